The Morgan fingerprint density at radius 1 is 1.24 bits per heavy atom. The Morgan fingerprint density at radius 3 is 2.52 bits per heavy atom. The van der Waals surface area contributed by atoms with Gasteiger partial charge in [0, 0.05) is 11.1 Å². The van der Waals surface area contributed by atoms with Gasteiger partial charge in [-0.25, -0.2) is 0 Å². The summed E-state index contributed by atoms with van der Waals surface area (Å²) in [6, 6.07) is 8.10. The first kappa shape index (κ1) is 16.0. The molecule has 21 heavy (non-hydrogen) atoms. The van der Waals surface area contributed by atoms with E-state index in [9.17, 15) is 4.79 Å². The number of nitrogens with one attached hydrogen (secondary N) is 1. The summed E-state index contributed by atoms with van der Waals surface area (Å²) in [5, 5.41) is 12.2. The van der Waals surface area contributed by atoms with Gasteiger partial charge in [-0.2, -0.15) is 0 Å². The molecule has 1 aromatic heterocycles. The minimum absolute atomic E-state index is 0.218. The van der Waals surface area contributed by atoms with E-state index >= 15 is 0 Å². The van der Waals surface area contributed by atoms with E-state index in [1.807, 2.05) is 45.0 Å². The van der Waals surface area contributed by atoms with Crippen molar-refractivity contribution < 1.29 is 4.79 Å². The third kappa shape index (κ3) is 4.82. The normalized spacial score (nSPS) is 11.4. The highest BCUT2D eigenvalue weighted by atomic mass is 32.2. The van der Waals surface area contributed by atoms with Crippen LogP contribution in [0, 0.1) is 12.3 Å². The number of anilines is 2. The van der Waals surface area contributed by atoms with Gasteiger partial charge in [0.05, 0.1) is 5.75 Å². The molecule has 0 aliphatic heterocycles. The van der Waals surface area contributed by atoms with Gasteiger partial charge in [-0.15, -0.1) is 10.2 Å². The number of rotatable bonds is 5. The summed E-state index contributed by atoms with van der Waals surface area (Å²) in [7, 11) is 0. The zero-order chi connectivity index (χ0) is 15.5. The molecule has 0 spiro atoms. The van der Waals surface area contributed by atoms with Crippen LogP contribution in [0.3, 0.4) is 0 Å². The minimum atomic E-state index is -0.305. The van der Waals surface area contributed by atoms with Gasteiger partial charge in [-0.05, 0) is 19.1 Å². The van der Waals surface area contributed by atoms with E-state index in [-0.39, 0.29) is 11.2 Å². The molecule has 0 atom stereocenters. The molecule has 0 fully saturated rings. The summed E-state index contributed by atoms with van der Waals surface area (Å²) in [6.07, 6.45) is 0. The van der Waals surface area contributed by atoms with Crippen LogP contribution in [0.2, 0.25) is 0 Å². The Balaban J connectivity index is 1.92. The fourth-order valence-electron chi connectivity index (χ4n) is 1.42. The van der Waals surface area contributed by atoms with Gasteiger partial charge in [-0.3, -0.25) is 4.79 Å². The van der Waals surface area contributed by atoms with Gasteiger partial charge < -0.3 is 5.32 Å². The van der Waals surface area contributed by atoms with Crippen LogP contribution in [0.4, 0.5) is 10.8 Å². The molecule has 0 saturated heterocycles. The number of hydrogen-bond acceptors (Lipinski definition) is 6. The first-order valence-electron chi connectivity index (χ1n) is 6.68. The van der Waals surface area contributed by atoms with Crippen LogP contribution >= 0.6 is 23.1 Å². The van der Waals surface area contributed by atoms with Crippen molar-refractivity contribution in [1.82, 2.24) is 10.2 Å². The van der Waals surface area contributed by atoms with Crippen molar-refractivity contribution in [2.75, 3.05) is 11.1 Å². The molecule has 0 amide bonds. The first-order chi connectivity index (χ1) is 9.84. The van der Waals surface area contributed by atoms with Gasteiger partial charge in [0.25, 0.3) is 0 Å². The van der Waals surface area contributed by atoms with Gasteiger partial charge >= 0.3 is 0 Å². The summed E-state index contributed by atoms with van der Waals surface area (Å²) in [5.74, 6) is 0.651. The molecule has 0 bridgehead atoms. The topological polar surface area (TPSA) is 54.9 Å². The van der Waals surface area contributed by atoms with E-state index in [2.05, 4.69) is 22.4 Å². The lowest BCUT2D eigenvalue weighted by Gasteiger charge is -2.15. The number of carbonyl (C=O) groups excluding carboxylic acids is 1. The molecule has 4 nitrogen and oxygen atoms in total. The Morgan fingerprint density at radius 2 is 1.90 bits per heavy atom. The predicted molar refractivity (Wildman–Crippen MR) is 89.6 cm³/mol. The van der Waals surface area contributed by atoms with E-state index in [0.717, 1.165) is 15.2 Å². The Hall–Kier alpha value is -1.40. The highest BCUT2D eigenvalue weighted by molar-refractivity contribution is 8.01. The fraction of sp³-hybridized carbons (Fsp3) is 0.400. The van der Waals surface area contributed by atoms with Crippen molar-refractivity contribution in [1.29, 1.82) is 0 Å². The molecule has 0 saturated carbocycles. The molecule has 1 aromatic carbocycles. The summed E-state index contributed by atoms with van der Waals surface area (Å²) in [6.45, 7) is 7.84. The van der Waals surface area contributed by atoms with Gasteiger partial charge in [0.2, 0.25) is 5.13 Å². The van der Waals surface area contributed by atoms with Crippen molar-refractivity contribution in [3.63, 3.8) is 0 Å². The Kier molecular flexibility index (Phi) is 5.00. The molecular weight excluding hydrogens is 302 g/mol. The van der Waals surface area contributed by atoms with Gasteiger partial charge in [0.1, 0.15) is 5.78 Å². The number of hydrogen-bond donors (Lipinski definition) is 1. The number of benzene rings is 1. The van der Waals surface area contributed by atoms with Crippen molar-refractivity contribution in [3.05, 3.63) is 29.8 Å². The van der Waals surface area contributed by atoms with Crippen LogP contribution in [0.5, 0.6) is 0 Å². The van der Waals surface area contributed by atoms with Crippen LogP contribution in [0.25, 0.3) is 0 Å². The van der Waals surface area contributed by atoms with Crippen molar-refractivity contribution in [2.45, 2.75) is 32.0 Å². The molecule has 1 N–H and O–H groups in total. The number of ketones is 1. The lowest BCUT2D eigenvalue weighted by Crippen LogP contribution is -2.21. The molecule has 0 radical (unpaired) electrons. The smallest absolute Gasteiger partial charge is 0.210 e. The lowest BCUT2D eigenvalue weighted by atomic mass is 9.92. The van der Waals surface area contributed by atoms with Crippen molar-refractivity contribution >= 4 is 39.7 Å². The molecule has 0 aliphatic carbocycles. The summed E-state index contributed by atoms with van der Waals surface area (Å²) < 4.78 is 0.808. The van der Waals surface area contributed by atoms with Crippen LogP contribution in [-0.4, -0.2) is 21.7 Å². The molecule has 2 rings (SSSR count). The maximum absolute atomic E-state index is 11.9. The lowest BCUT2D eigenvalue weighted by molar-refractivity contribution is -0.123. The molecule has 6 heteroatoms. The van der Waals surface area contributed by atoms with Crippen LogP contribution in [0.1, 0.15) is 26.3 Å². The molecular formula is C15H19N3OS2. The highest BCUT2D eigenvalue weighted by Crippen LogP contribution is 2.29. The number of aromatic nitrogens is 2. The SMILES string of the molecule is Cc1ccc(Nc2nnc(SCC(=O)C(C)(C)C)s2)cc1. The third-order valence-electron chi connectivity index (χ3n) is 2.87. The molecule has 0 unspecified atom stereocenters. The Bertz CT molecular complexity index is 615. The Labute approximate surface area is 133 Å². The molecule has 112 valence electrons. The second-order valence-corrected chi connectivity index (χ2v) is 8.03. The highest BCUT2D eigenvalue weighted by Gasteiger charge is 2.21. The second-order valence-electron chi connectivity index (χ2n) is 5.83. The average Bonchev–Trinajstić information content (AvgIpc) is 2.85. The zero-order valence-electron chi connectivity index (χ0n) is 12.6. The quantitative estimate of drug-likeness (QED) is 0.832. The van der Waals surface area contributed by atoms with Crippen LogP contribution in [0.15, 0.2) is 28.6 Å². The maximum Gasteiger partial charge on any atom is 0.210 e. The van der Waals surface area contributed by atoms with E-state index in [1.54, 1.807) is 0 Å². The summed E-state index contributed by atoms with van der Waals surface area (Å²) >= 11 is 2.91. The minimum Gasteiger partial charge on any atom is -0.330 e. The van der Waals surface area contributed by atoms with Crippen LogP contribution in [-0.2, 0) is 4.79 Å². The number of thioether (sulfide) groups is 1. The summed E-state index contributed by atoms with van der Waals surface area (Å²) in [4.78, 5) is 11.9. The molecule has 0 aliphatic rings. The van der Waals surface area contributed by atoms with Crippen LogP contribution < -0.4 is 5.32 Å². The van der Waals surface area contributed by atoms with E-state index < -0.39 is 0 Å². The van der Waals surface area contributed by atoms with E-state index in [0.29, 0.717) is 5.75 Å². The third-order valence-corrected chi connectivity index (χ3v) is 4.84. The monoisotopic (exact) mass is 321 g/mol. The summed E-state index contributed by atoms with van der Waals surface area (Å²) in [5.41, 5.74) is 1.90. The first-order valence-corrected chi connectivity index (χ1v) is 8.48. The van der Waals surface area contributed by atoms with Gasteiger partial charge in [0.15, 0.2) is 4.34 Å². The number of nitrogens with zero attached hydrogens (tertiary/aromatic N) is 2. The average molecular weight is 321 g/mol. The standard InChI is InChI=1S/C15H19N3OS2/c1-10-5-7-11(8-6-10)16-13-17-18-14(21-13)20-9-12(19)15(2,3)4/h5-8H,9H2,1-4H3,(H,16,17). The van der Waals surface area contributed by atoms with Gasteiger partial charge in [-0.1, -0.05) is 61.6 Å². The number of carbonyl (C=O) groups is 1. The predicted octanol–water partition coefficient (Wildman–Crippen LogP) is 4.30. The second kappa shape index (κ2) is 6.58. The molecule has 1 heterocycles. The zero-order valence-corrected chi connectivity index (χ0v) is 14.3. The number of aryl methyl sites for hydroxylation is 1. The van der Waals surface area contributed by atoms with E-state index in [1.165, 1.54) is 28.7 Å². The molecule has 2 aromatic rings. The fourth-order valence-corrected chi connectivity index (χ4v) is 3.36. The number of Topliss-reactive ketones (excluding diaryl/α,β-unsaturated/α-hetero) is 1. The van der Waals surface area contributed by atoms with Crippen molar-refractivity contribution in [2.24, 2.45) is 5.41 Å². The van der Waals surface area contributed by atoms with Crippen molar-refractivity contribution in [3.8, 4) is 0 Å². The maximum atomic E-state index is 11.9. The van der Waals surface area contributed by atoms with E-state index in [4.69, 9.17) is 0 Å². The largest absolute Gasteiger partial charge is 0.330 e.